The van der Waals surface area contributed by atoms with E-state index >= 15 is 0 Å². The molecule has 2 saturated carbocycles. The van der Waals surface area contributed by atoms with Crippen LogP contribution in [0.2, 0.25) is 0 Å². The molecule has 0 radical (unpaired) electrons. The molecule has 186 valence electrons. The summed E-state index contributed by atoms with van der Waals surface area (Å²) >= 11 is 0. The average Bonchev–Trinajstić information content (AvgIpc) is 3.53. The third-order valence-corrected chi connectivity index (χ3v) is 8.56. The molecule has 1 N–H and O–H groups in total. The van der Waals surface area contributed by atoms with Crippen molar-refractivity contribution in [2.75, 3.05) is 0 Å². The molecule has 6 heteroatoms. The Kier molecular flexibility index (Phi) is 5.32. The van der Waals surface area contributed by atoms with E-state index in [4.69, 9.17) is 9.51 Å². The van der Waals surface area contributed by atoms with Crippen molar-refractivity contribution in [1.82, 2.24) is 14.7 Å². The van der Waals surface area contributed by atoms with E-state index in [1.165, 1.54) is 32.1 Å². The Balaban J connectivity index is 1.46. The van der Waals surface area contributed by atoms with Crippen LogP contribution in [0.3, 0.4) is 0 Å². The Morgan fingerprint density at radius 3 is 2.39 bits per heavy atom. The third-order valence-electron chi connectivity index (χ3n) is 8.56. The smallest absolute Gasteiger partial charge is 0.314 e. The highest BCUT2D eigenvalue weighted by molar-refractivity contribution is 5.95. The summed E-state index contributed by atoms with van der Waals surface area (Å²) in [5, 5.41) is 13.8. The summed E-state index contributed by atoms with van der Waals surface area (Å²) in [7, 11) is 0. The van der Waals surface area contributed by atoms with Gasteiger partial charge in [0.25, 0.3) is 0 Å². The van der Waals surface area contributed by atoms with Crippen LogP contribution in [0.1, 0.15) is 68.9 Å². The van der Waals surface area contributed by atoms with Gasteiger partial charge in [-0.1, -0.05) is 55.6 Å². The van der Waals surface area contributed by atoms with Crippen LogP contribution in [-0.2, 0) is 16.8 Å². The number of benzene rings is 1. The van der Waals surface area contributed by atoms with E-state index in [0.29, 0.717) is 12.8 Å². The van der Waals surface area contributed by atoms with Gasteiger partial charge in [-0.05, 0) is 62.1 Å². The predicted octanol–water partition coefficient (Wildman–Crippen LogP) is 7.06. The summed E-state index contributed by atoms with van der Waals surface area (Å²) in [6.45, 7) is 7.28. The molecule has 6 rings (SSSR count). The van der Waals surface area contributed by atoms with E-state index in [2.05, 4.69) is 41.0 Å². The molecule has 6 nitrogen and oxygen atoms in total. The number of aromatic nitrogens is 3. The summed E-state index contributed by atoms with van der Waals surface area (Å²) in [6.07, 6.45) is 12.0. The second-order valence-electron chi connectivity index (χ2n) is 11.3. The van der Waals surface area contributed by atoms with Crippen LogP contribution in [0.5, 0.6) is 0 Å². The maximum Gasteiger partial charge on any atom is 0.314 e. The molecule has 0 spiro atoms. The van der Waals surface area contributed by atoms with Crippen LogP contribution in [0, 0.1) is 19.3 Å². The number of hydrogen-bond acceptors (Lipinski definition) is 4. The Labute approximate surface area is 211 Å². The first-order valence-corrected chi connectivity index (χ1v) is 13.1. The number of nitrogens with zero attached hydrogens (tertiary/aromatic N) is 3. The fraction of sp³-hybridized carbons (Fsp3) is 0.433. The Hall–Kier alpha value is -3.41. The Morgan fingerprint density at radius 1 is 1.06 bits per heavy atom. The van der Waals surface area contributed by atoms with Gasteiger partial charge in [-0.2, -0.15) is 0 Å². The lowest BCUT2D eigenvalue weighted by molar-refractivity contribution is -0.140. The highest BCUT2D eigenvalue weighted by Crippen LogP contribution is 2.49. The topological polar surface area (TPSA) is 81.2 Å². The van der Waals surface area contributed by atoms with Gasteiger partial charge in [-0.3, -0.25) is 9.78 Å². The molecule has 2 fully saturated rings. The largest absolute Gasteiger partial charge is 0.481 e. The van der Waals surface area contributed by atoms with Gasteiger partial charge in [-0.25, -0.2) is 0 Å². The van der Waals surface area contributed by atoms with Gasteiger partial charge in [0.1, 0.15) is 5.76 Å². The summed E-state index contributed by atoms with van der Waals surface area (Å²) in [5.74, 6) is 0.0790. The molecule has 0 atom stereocenters. The van der Waals surface area contributed by atoms with Gasteiger partial charge in [0, 0.05) is 35.6 Å². The number of rotatable bonds is 6. The number of carboxylic acid groups (broad SMARTS) is 1. The number of aryl methyl sites for hydroxylation is 2. The molecule has 1 aromatic carbocycles. The molecular weight excluding hydrogens is 450 g/mol. The second-order valence-corrected chi connectivity index (χ2v) is 11.3. The molecular formula is C30H33N3O3. The quantitative estimate of drug-likeness (QED) is 0.317. The van der Waals surface area contributed by atoms with Gasteiger partial charge < -0.3 is 14.2 Å². The van der Waals surface area contributed by atoms with Crippen LogP contribution in [0.15, 0.2) is 47.2 Å². The van der Waals surface area contributed by atoms with Gasteiger partial charge in [0.2, 0.25) is 0 Å². The minimum atomic E-state index is -0.721. The number of hydrogen-bond donors (Lipinski definition) is 1. The lowest BCUT2D eigenvalue weighted by atomic mass is 9.75. The molecule has 3 aromatic heterocycles. The first kappa shape index (κ1) is 23.0. The van der Waals surface area contributed by atoms with E-state index in [-0.39, 0.29) is 5.41 Å². The fourth-order valence-corrected chi connectivity index (χ4v) is 6.23. The standard InChI is InChI=1S/C30H33N3O3/c1-19-26(20(2)36-32-19)22-15-25-27(31-16-22)24(17-33(25)18-29(3)11-5-4-6-12-29)21-7-9-23(10-8-21)30(13-14-30)28(34)35/h7-10,15-17H,4-6,11-14,18H2,1-3H3,(H,34,35). The molecule has 36 heavy (non-hydrogen) atoms. The van der Waals surface area contributed by atoms with E-state index < -0.39 is 11.4 Å². The number of carboxylic acids is 1. The van der Waals surface area contributed by atoms with Gasteiger partial charge >= 0.3 is 5.97 Å². The molecule has 4 aromatic rings. The summed E-state index contributed by atoms with van der Waals surface area (Å²) in [4.78, 5) is 16.7. The molecule has 0 saturated heterocycles. The highest BCUT2D eigenvalue weighted by atomic mass is 16.5. The molecule has 3 heterocycles. The Morgan fingerprint density at radius 2 is 1.78 bits per heavy atom. The lowest BCUT2D eigenvalue weighted by Crippen LogP contribution is -2.25. The third kappa shape index (κ3) is 3.74. The zero-order valence-corrected chi connectivity index (χ0v) is 21.3. The van der Waals surface area contributed by atoms with Crippen molar-refractivity contribution < 1.29 is 14.4 Å². The molecule has 0 amide bonds. The molecule has 2 aliphatic rings. The zero-order chi connectivity index (χ0) is 25.1. The normalized spacial score (nSPS) is 18.4. The first-order valence-electron chi connectivity index (χ1n) is 13.1. The van der Waals surface area contributed by atoms with E-state index in [0.717, 1.165) is 56.8 Å². The van der Waals surface area contributed by atoms with Crippen molar-refractivity contribution in [3.8, 4) is 22.3 Å². The maximum atomic E-state index is 11.8. The van der Waals surface area contributed by atoms with Crippen molar-refractivity contribution in [2.45, 2.75) is 77.7 Å². The first-order chi connectivity index (χ1) is 17.3. The van der Waals surface area contributed by atoms with E-state index in [1.807, 2.05) is 32.2 Å². The van der Waals surface area contributed by atoms with E-state index in [1.54, 1.807) is 0 Å². The fourth-order valence-electron chi connectivity index (χ4n) is 6.23. The second kappa shape index (κ2) is 8.32. The number of fused-ring (bicyclic) bond motifs is 1. The summed E-state index contributed by atoms with van der Waals surface area (Å²) in [5.41, 5.74) is 7.60. The van der Waals surface area contributed by atoms with Gasteiger partial charge in [-0.15, -0.1) is 0 Å². The number of aliphatic carboxylic acids is 1. The summed E-state index contributed by atoms with van der Waals surface area (Å²) < 4.78 is 7.83. The SMILES string of the molecule is Cc1noc(C)c1-c1cnc2c(-c3ccc(C4(C(=O)O)CC4)cc3)cn(CC3(C)CCCCC3)c2c1. The van der Waals surface area contributed by atoms with Crippen molar-refractivity contribution in [2.24, 2.45) is 5.41 Å². The maximum absolute atomic E-state index is 11.8. The lowest BCUT2D eigenvalue weighted by Gasteiger charge is -2.34. The predicted molar refractivity (Wildman–Crippen MR) is 140 cm³/mol. The number of carbonyl (C=O) groups is 1. The van der Waals surface area contributed by atoms with Crippen LogP contribution in [0.4, 0.5) is 0 Å². The van der Waals surface area contributed by atoms with E-state index in [9.17, 15) is 9.90 Å². The average molecular weight is 484 g/mol. The zero-order valence-electron chi connectivity index (χ0n) is 21.3. The molecule has 0 bridgehead atoms. The monoisotopic (exact) mass is 483 g/mol. The molecule has 0 aliphatic heterocycles. The van der Waals surface area contributed by atoms with Crippen molar-refractivity contribution in [1.29, 1.82) is 0 Å². The van der Waals surface area contributed by atoms with Crippen molar-refractivity contribution in [3.63, 3.8) is 0 Å². The minimum absolute atomic E-state index is 0.268. The summed E-state index contributed by atoms with van der Waals surface area (Å²) in [6, 6.07) is 10.3. The number of pyridine rings is 1. The highest BCUT2D eigenvalue weighted by Gasteiger charge is 2.51. The van der Waals surface area contributed by atoms with Crippen LogP contribution in [-0.4, -0.2) is 25.8 Å². The van der Waals surface area contributed by atoms with Gasteiger partial charge in [0.05, 0.1) is 22.1 Å². The molecule has 0 unspecified atom stereocenters. The van der Waals surface area contributed by atoms with Crippen molar-refractivity contribution in [3.05, 3.63) is 59.7 Å². The minimum Gasteiger partial charge on any atom is -0.481 e. The van der Waals surface area contributed by atoms with Gasteiger partial charge in [0.15, 0.2) is 0 Å². The van der Waals surface area contributed by atoms with Crippen LogP contribution < -0.4 is 0 Å². The Bertz CT molecular complexity index is 1430. The van der Waals surface area contributed by atoms with Crippen LogP contribution >= 0.6 is 0 Å². The van der Waals surface area contributed by atoms with Crippen LogP contribution in [0.25, 0.3) is 33.3 Å². The molecule has 2 aliphatic carbocycles. The van der Waals surface area contributed by atoms with Crippen molar-refractivity contribution >= 4 is 17.0 Å².